The van der Waals surface area contributed by atoms with Gasteiger partial charge in [0, 0.05) is 29.8 Å². The zero-order valence-corrected chi connectivity index (χ0v) is 17.5. The minimum Gasteiger partial charge on any atom is -0.351 e. The van der Waals surface area contributed by atoms with Gasteiger partial charge in [0.15, 0.2) is 0 Å². The maximum atomic E-state index is 12.4. The predicted octanol–water partition coefficient (Wildman–Crippen LogP) is 4.72. The Morgan fingerprint density at radius 1 is 0.968 bits per heavy atom. The van der Waals surface area contributed by atoms with Gasteiger partial charge in [-0.1, -0.05) is 54.6 Å². The fraction of sp³-hybridized carbons (Fsp3) is 0.231. The second-order valence-corrected chi connectivity index (χ2v) is 8.08. The van der Waals surface area contributed by atoms with Gasteiger partial charge in [-0.05, 0) is 54.9 Å². The van der Waals surface area contributed by atoms with Gasteiger partial charge in [0.25, 0.3) is 5.91 Å². The number of carbonyl (C=O) groups excluding carboxylic acids is 1. The van der Waals surface area contributed by atoms with E-state index in [-0.39, 0.29) is 5.91 Å². The molecule has 1 aliphatic rings. The number of hydrogen-bond acceptors (Lipinski definition) is 3. The van der Waals surface area contributed by atoms with Crippen LogP contribution in [0.3, 0.4) is 0 Å². The molecule has 1 fully saturated rings. The van der Waals surface area contributed by atoms with Crippen LogP contribution in [0.25, 0.3) is 33.3 Å². The van der Waals surface area contributed by atoms with Gasteiger partial charge in [-0.25, -0.2) is 0 Å². The summed E-state index contributed by atoms with van der Waals surface area (Å²) in [5.41, 5.74) is 4.64. The highest BCUT2D eigenvalue weighted by atomic mass is 16.1. The predicted molar refractivity (Wildman–Crippen MR) is 125 cm³/mol. The molecule has 1 saturated heterocycles. The van der Waals surface area contributed by atoms with E-state index in [0.717, 1.165) is 42.1 Å². The van der Waals surface area contributed by atoms with Crippen molar-refractivity contribution in [2.45, 2.75) is 12.8 Å². The molecule has 2 heterocycles. The van der Waals surface area contributed by atoms with Gasteiger partial charge >= 0.3 is 0 Å². The average Bonchev–Trinajstić information content (AvgIpc) is 3.51. The standard InChI is InChI=1S/C26H26N4O/c31-26(27-14-17-30-15-3-4-16-30)21-12-10-20(11-13-21)24-18-25(29-28-24)23-9-5-7-19-6-1-2-8-22(19)23/h1-2,5-13,18H,3-4,14-17H2,(H,27,31)(H,28,29). The summed E-state index contributed by atoms with van der Waals surface area (Å²) >= 11 is 0. The van der Waals surface area contributed by atoms with Crippen LogP contribution < -0.4 is 5.32 Å². The van der Waals surface area contributed by atoms with Crippen LogP contribution in [0, 0.1) is 0 Å². The zero-order valence-electron chi connectivity index (χ0n) is 17.5. The molecule has 0 bridgehead atoms. The van der Waals surface area contributed by atoms with Crippen LogP contribution in [0.4, 0.5) is 0 Å². The molecule has 0 saturated carbocycles. The van der Waals surface area contributed by atoms with E-state index in [0.29, 0.717) is 12.1 Å². The van der Waals surface area contributed by atoms with Crippen LogP contribution in [-0.2, 0) is 0 Å². The van der Waals surface area contributed by atoms with Crippen molar-refractivity contribution in [3.63, 3.8) is 0 Å². The molecule has 4 aromatic rings. The minimum absolute atomic E-state index is 0.0239. The first-order valence-electron chi connectivity index (χ1n) is 10.9. The lowest BCUT2D eigenvalue weighted by Gasteiger charge is -2.14. The smallest absolute Gasteiger partial charge is 0.251 e. The number of H-pyrrole nitrogens is 1. The van der Waals surface area contributed by atoms with Gasteiger partial charge in [0.05, 0.1) is 11.4 Å². The Morgan fingerprint density at radius 2 is 1.74 bits per heavy atom. The fourth-order valence-electron chi connectivity index (χ4n) is 4.30. The third-order valence-electron chi connectivity index (χ3n) is 6.01. The van der Waals surface area contributed by atoms with E-state index >= 15 is 0 Å². The summed E-state index contributed by atoms with van der Waals surface area (Å²) in [5, 5.41) is 13.1. The van der Waals surface area contributed by atoms with E-state index in [1.165, 1.54) is 23.6 Å². The SMILES string of the molecule is O=C(NCCN1CCCC1)c1ccc(-c2cc(-c3cccc4ccccc34)[nH]n2)cc1. The minimum atomic E-state index is -0.0239. The number of rotatable bonds is 6. The monoisotopic (exact) mass is 410 g/mol. The number of hydrogen-bond donors (Lipinski definition) is 2. The van der Waals surface area contributed by atoms with Crippen molar-refractivity contribution in [1.82, 2.24) is 20.4 Å². The molecule has 5 rings (SSSR count). The summed E-state index contributed by atoms with van der Waals surface area (Å²) in [5.74, 6) is -0.0239. The van der Waals surface area contributed by atoms with Crippen molar-refractivity contribution < 1.29 is 4.79 Å². The van der Waals surface area contributed by atoms with Gasteiger partial charge in [-0.3, -0.25) is 9.89 Å². The van der Waals surface area contributed by atoms with Crippen LogP contribution >= 0.6 is 0 Å². The summed E-state index contributed by atoms with van der Waals surface area (Å²) < 4.78 is 0. The Morgan fingerprint density at radius 3 is 2.58 bits per heavy atom. The second-order valence-electron chi connectivity index (χ2n) is 8.08. The van der Waals surface area contributed by atoms with Gasteiger partial charge in [-0.15, -0.1) is 0 Å². The molecule has 3 aromatic carbocycles. The lowest BCUT2D eigenvalue weighted by molar-refractivity contribution is 0.0950. The fourth-order valence-corrected chi connectivity index (χ4v) is 4.30. The highest BCUT2D eigenvalue weighted by molar-refractivity contribution is 5.96. The molecule has 2 N–H and O–H groups in total. The maximum Gasteiger partial charge on any atom is 0.251 e. The molecule has 5 nitrogen and oxygen atoms in total. The first-order chi connectivity index (χ1) is 15.3. The molecule has 1 aromatic heterocycles. The van der Waals surface area contributed by atoms with Crippen molar-refractivity contribution in [2.24, 2.45) is 0 Å². The van der Waals surface area contributed by atoms with Crippen LogP contribution in [0.15, 0.2) is 72.8 Å². The van der Waals surface area contributed by atoms with E-state index in [1.807, 2.05) is 24.3 Å². The number of fused-ring (bicyclic) bond motifs is 1. The Hall–Kier alpha value is -3.44. The highest BCUT2D eigenvalue weighted by Gasteiger charge is 2.13. The Kier molecular flexibility index (Phi) is 5.50. The summed E-state index contributed by atoms with van der Waals surface area (Å²) in [6.07, 6.45) is 2.54. The molecular weight excluding hydrogens is 384 g/mol. The van der Waals surface area contributed by atoms with Crippen molar-refractivity contribution in [2.75, 3.05) is 26.2 Å². The molecule has 0 unspecified atom stereocenters. The molecule has 5 heteroatoms. The topological polar surface area (TPSA) is 61.0 Å². The molecule has 0 aliphatic carbocycles. The number of nitrogens with zero attached hydrogens (tertiary/aromatic N) is 2. The Bertz CT molecular complexity index is 1180. The number of likely N-dealkylation sites (tertiary alicyclic amines) is 1. The van der Waals surface area contributed by atoms with Gasteiger partial charge < -0.3 is 10.2 Å². The third-order valence-corrected chi connectivity index (χ3v) is 6.01. The molecule has 31 heavy (non-hydrogen) atoms. The van der Waals surface area contributed by atoms with E-state index in [2.05, 4.69) is 68.9 Å². The first-order valence-corrected chi connectivity index (χ1v) is 10.9. The number of benzene rings is 3. The van der Waals surface area contributed by atoms with Crippen molar-refractivity contribution in [3.05, 3.63) is 78.4 Å². The first kappa shape index (κ1) is 19.5. The summed E-state index contributed by atoms with van der Waals surface area (Å²) in [7, 11) is 0. The van der Waals surface area contributed by atoms with Crippen LogP contribution in [0.5, 0.6) is 0 Å². The number of nitrogens with one attached hydrogen (secondary N) is 2. The molecule has 1 aliphatic heterocycles. The summed E-state index contributed by atoms with van der Waals surface area (Å²) in [4.78, 5) is 14.8. The maximum absolute atomic E-state index is 12.4. The van der Waals surface area contributed by atoms with E-state index in [1.54, 1.807) is 0 Å². The van der Waals surface area contributed by atoms with Crippen molar-refractivity contribution in [1.29, 1.82) is 0 Å². The van der Waals surface area contributed by atoms with Crippen LogP contribution in [0.2, 0.25) is 0 Å². The van der Waals surface area contributed by atoms with Crippen LogP contribution in [-0.4, -0.2) is 47.2 Å². The van der Waals surface area contributed by atoms with Crippen LogP contribution in [0.1, 0.15) is 23.2 Å². The third kappa shape index (κ3) is 4.23. The van der Waals surface area contributed by atoms with Gasteiger partial charge in [0.1, 0.15) is 0 Å². The van der Waals surface area contributed by atoms with Gasteiger partial charge in [-0.2, -0.15) is 5.10 Å². The Balaban J connectivity index is 1.28. The van der Waals surface area contributed by atoms with E-state index < -0.39 is 0 Å². The number of carbonyl (C=O) groups is 1. The van der Waals surface area contributed by atoms with Crippen molar-refractivity contribution in [3.8, 4) is 22.5 Å². The number of aromatic amines is 1. The Labute approximate surface area is 182 Å². The van der Waals surface area contributed by atoms with E-state index in [9.17, 15) is 4.79 Å². The summed E-state index contributed by atoms with van der Waals surface area (Å²) in [6, 6.07) is 24.3. The van der Waals surface area contributed by atoms with Gasteiger partial charge in [0.2, 0.25) is 0 Å². The molecule has 0 spiro atoms. The van der Waals surface area contributed by atoms with Crippen molar-refractivity contribution >= 4 is 16.7 Å². The molecule has 0 atom stereocenters. The molecule has 0 radical (unpaired) electrons. The highest BCUT2D eigenvalue weighted by Crippen LogP contribution is 2.29. The number of aromatic nitrogens is 2. The summed E-state index contributed by atoms with van der Waals surface area (Å²) in [6.45, 7) is 3.91. The van der Waals surface area contributed by atoms with E-state index in [4.69, 9.17) is 0 Å². The average molecular weight is 411 g/mol. The normalized spacial score (nSPS) is 14.2. The lowest BCUT2D eigenvalue weighted by atomic mass is 10.0. The largest absolute Gasteiger partial charge is 0.351 e. The molecule has 1 amide bonds. The molecular formula is C26H26N4O. The second kappa shape index (κ2) is 8.74. The molecule has 156 valence electrons. The quantitative estimate of drug-likeness (QED) is 0.483. The lowest BCUT2D eigenvalue weighted by Crippen LogP contribution is -2.33. The number of amides is 1. The zero-order chi connectivity index (χ0) is 21.0.